The summed E-state index contributed by atoms with van der Waals surface area (Å²) in [6, 6.07) is 1.66. The summed E-state index contributed by atoms with van der Waals surface area (Å²) in [4.78, 5) is 17.3. The van der Waals surface area contributed by atoms with Gasteiger partial charge in [-0.3, -0.25) is 4.79 Å². The summed E-state index contributed by atoms with van der Waals surface area (Å²) < 4.78 is 0. The second kappa shape index (κ2) is 7.86. The zero-order valence-corrected chi connectivity index (χ0v) is 16.2. The molecule has 3 nitrogen and oxygen atoms in total. The molecule has 1 heterocycles. The van der Waals surface area contributed by atoms with Crippen molar-refractivity contribution in [2.24, 2.45) is 11.3 Å². The monoisotopic (exact) mass is 334 g/mol. The number of carbonyl (C=O) groups is 1. The van der Waals surface area contributed by atoms with E-state index >= 15 is 0 Å². The van der Waals surface area contributed by atoms with Crippen molar-refractivity contribution in [3.8, 4) is 0 Å². The Hall–Kier alpha value is -0.410. The molecule has 2 aliphatic carbocycles. The Kier molecular flexibility index (Phi) is 6.02. The summed E-state index contributed by atoms with van der Waals surface area (Å²) in [5, 5.41) is 0. The molecule has 2 saturated carbocycles. The number of carbonyl (C=O) groups excluding carboxylic acids is 1. The molecule has 0 amide bonds. The van der Waals surface area contributed by atoms with Crippen LogP contribution >= 0.6 is 0 Å². The van der Waals surface area contributed by atoms with Crippen LogP contribution in [0.1, 0.15) is 78.1 Å². The number of hydrogen-bond acceptors (Lipinski definition) is 3. The summed E-state index contributed by atoms with van der Waals surface area (Å²) >= 11 is 0. The quantitative estimate of drug-likeness (QED) is 0.730. The van der Waals surface area contributed by atoms with E-state index < -0.39 is 0 Å². The smallest absolute Gasteiger partial charge is 0.135 e. The van der Waals surface area contributed by atoms with Gasteiger partial charge in [-0.1, -0.05) is 13.8 Å². The van der Waals surface area contributed by atoms with Crippen molar-refractivity contribution in [1.29, 1.82) is 0 Å². The molecule has 3 fully saturated rings. The molecule has 0 radical (unpaired) electrons. The topological polar surface area (TPSA) is 23.6 Å². The highest BCUT2D eigenvalue weighted by atomic mass is 16.1. The summed E-state index contributed by atoms with van der Waals surface area (Å²) in [7, 11) is 2.30. The van der Waals surface area contributed by atoms with Gasteiger partial charge in [0.15, 0.2) is 0 Å². The first-order valence-electron chi connectivity index (χ1n) is 10.5. The van der Waals surface area contributed by atoms with Gasteiger partial charge in [-0.15, -0.1) is 0 Å². The van der Waals surface area contributed by atoms with Crippen molar-refractivity contribution in [1.82, 2.24) is 9.80 Å². The molecule has 0 atom stereocenters. The number of rotatable bonds is 6. The van der Waals surface area contributed by atoms with Gasteiger partial charge in [-0.2, -0.15) is 0 Å². The molecule has 3 rings (SSSR count). The van der Waals surface area contributed by atoms with E-state index in [4.69, 9.17) is 0 Å². The largest absolute Gasteiger partial charge is 0.303 e. The average Bonchev–Trinajstić information content (AvgIpc) is 2.59. The van der Waals surface area contributed by atoms with E-state index in [0.717, 1.165) is 18.5 Å². The van der Waals surface area contributed by atoms with Gasteiger partial charge in [0.05, 0.1) is 0 Å². The lowest BCUT2D eigenvalue weighted by atomic mass is 9.56. The van der Waals surface area contributed by atoms with Crippen molar-refractivity contribution >= 4 is 5.78 Å². The standard InChI is InChI=1S/C21H38N2O/c1-4-12-22(3)18-8-13-23(14-9-18)19-15-21(16-19)10-6-17(7-11-21)20(24)5-2/h17-19H,4-16H2,1-3H3/t17-,19-,21?. The minimum atomic E-state index is 0.393. The molecule has 1 spiro atoms. The predicted molar refractivity (Wildman–Crippen MR) is 100 cm³/mol. The Morgan fingerprint density at radius 1 is 1.08 bits per heavy atom. The number of Topliss-reactive ketones (excluding diaryl/α,β-unsaturated/α-hetero) is 1. The van der Waals surface area contributed by atoms with Crippen LogP contribution in [-0.4, -0.2) is 54.3 Å². The molecular formula is C21H38N2O. The second-order valence-corrected chi connectivity index (χ2v) is 8.90. The van der Waals surface area contributed by atoms with Crippen molar-refractivity contribution < 1.29 is 4.79 Å². The number of piperidine rings is 1. The molecule has 0 aromatic rings. The average molecular weight is 335 g/mol. The molecule has 3 heteroatoms. The fourth-order valence-corrected chi connectivity index (χ4v) is 5.67. The molecule has 1 saturated heterocycles. The lowest BCUT2D eigenvalue weighted by Gasteiger charge is -2.56. The van der Waals surface area contributed by atoms with Gasteiger partial charge in [0.2, 0.25) is 0 Å². The van der Waals surface area contributed by atoms with Crippen LogP contribution in [0.15, 0.2) is 0 Å². The molecule has 0 aromatic carbocycles. The van der Waals surface area contributed by atoms with Crippen LogP contribution in [0.5, 0.6) is 0 Å². The first-order chi connectivity index (χ1) is 11.6. The Labute approximate surface area is 149 Å². The minimum Gasteiger partial charge on any atom is -0.303 e. The van der Waals surface area contributed by atoms with Crippen LogP contribution in [-0.2, 0) is 4.79 Å². The van der Waals surface area contributed by atoms with E-state index in [9.17, 15) is 4.79 Å². The summed E-state index contributed by atoms with van der Waals surface area (Å²) in [5.41, 5.74) is 0.616. The maximum Gasteiger partial charge on any atom is 0.135 e. The molecule has 24 heavy (non-hydrogen) atoms. The maximum atomic E-state index is 11.9. The van der Waals surface area contributed by atoms with E-state index in [2.05, 4.69) is 23.8 Å². The third-order valence-electron chi connectivity index (χ3n) is 7.40. The lowest BCUT2D eigenvalue weighted by Crippen LogP contribution is -2.55. The van der Waals surface area contributed by atoms with Gasteiger partial charge in [0.25, 0.3) is 0 Å². The van der Waals surface area contributed by atoms with Crippen LogP contribution in [0.4, 0.5) is 0 Å². The highest BCUT2D eigenvalue weighted by Crippen LogP contribution is 2.54. The number of nitrogens with zero attached hydrogens (tertiary/aromatic N) is 2. The SMILES string of the molecule is CCCN(C)C1CCN([C@H]2CC3(CC[C@H](C(=O)CC)CC3)C2)CC1. The van der Waals surface area contributed by atoms with Gasteiger partial charge in [-0.25, -0.2) is 0 Å². The predicted octanol–water partition coefficient (Wildman–Crippen LogP) is 4.11. The Balaban J connectivity index is 1.39. The summed E-state index contributed by atoms with van der Waals surface area (Å²) in [6.45, 7) is 8.15. The maximum absolute atomic E-state index is 11.9. The third kappa shape index (κ3) is 3.88. The van der Waals surface area contributed by atoms with E-state index in [1.165, 1.54) is 77.4 Å². The lowest BCUT2D eigenvalue weighted by molar-refractivity contribution is -0.126. The van der Waals surface area contributed by atoms with E-state index in [1.54, 1.807) is 0 Å². The van der Waals surface area contributed by atoms with Crippen molar-refractivity contribution in [3.05, 3.63) is 0 Å². The molecule has 0 N–H and O–H groups in total. The molecule has 0 bridgehead atoms. The number of hydrogen-bond donors (Lipinski definition) is 0. The molecule has 3 aliphatic rings. The third-order valence-corrected chi connectivity index (χ3v) is 7.40. The van der Waals surface area contributed by atoms with Crippen LogP contribution < -0.4 is 0 Å². The van der Waals surface area contributed by atoms with Crippen LogP contribution in [0.2, 0.25) is 0 Å². The van der Waals surface area contributed by atoms with Crippen molar-refractivity contribution in [2.45, 2.75) is 90.1 Å². The normalized spacial score (nSPS) is 35.3. The molecule has 1 aliphatic heterocycles. The fourth-order valence-electron chi connectivity index (χ4n) is 5.67. The zero-order valence-electron chi connectivity index (χ0n) is 16.2. The van der Waals surface area contributed by atoms with Crippen molar-refractivity contribution in [2.75, 3.05) is 26.7 Å². The molecule has 138 valence electrons. The van der Waals surface area contributed by atoms with Gasteiger partial charge >= 0.3 is 0 Å². The van der Waals surface area contributed by atoms with Crippen LogP contribution in [0, 0.1) is 11.3 Å². The first kappa shape index (κ1) is 18.4. The van der Waals surface area contributed by atoms with Crippen LogP contribution in [0.3, 0.4) is 0 Å². The summed E-state index contributed by atoms with van der Waals surface area (Å²) in [6.07, 6.45) is 12.5. The van der Waals surface area contributed by atoms with E-state index in [-0.39, 0.29) is 0 Å². The first-order valence-corrected chi connectivity index (χ1v) is 10.5. The zero-order chi connectivity index (χ0) is 17.2. The molecule has 0 unspecified atom stereocenters. The minimum absolute atomic E-state index is 0.393. The van der Waals surface area contributed by atoms with E-state index in [0.29, 0.717) is 17.1 Å². The van der Waals surface area contributed by atoms with E-state index in [1.807, 2.05) is 6.92 Å². The summed E-state index contributed by atoms with van der Waals surface area (Å²) in [5.74, 6) is 0.906. The molecule has 0 aromatic heterocycles. The van der Waals surface area contributed by atoms with Gasteiger partial charge in [0.1, 0.15) is 5.78 Å². The van der Waals surface area contributed by atoms with Gasteiger partial charge < -0.3 is 9.80 Å². The number of ketones is 1. The fraction of sp³-hybridized carbons (Fsp3) is 0.952. The highest BCUT2D eigenvalue weighted by molar-refractivity contribution is 5.80. The number of likely N-dealkylation sites (tertiary alicyclic amines) is 1. The molecular weight excluding hydrogens is 296 g/mol. The highest BCUT2D eigenvalue weighted by Gasteiger charge is 2.48. The Bertz CT molecular complexity index is 412. The van der Waals surface area contributed by atoms with Crippen molar-refractivity contribution in [3.63, 3.8) is 0 Å². The van der Waals surface area contributed by atoms with Gasteiger partial charge in [-0.05, 0) is 89.9 Å². The Morgan fingerprint density at radius 3 is 2.25 bits per heavy atom. The Morgan fingerprint density at radius 2 is 1.71 bits per heavy atom. The van der Waals surface area contributed by atoms with Gasteiger partial charge in [0, 0.05) is 24.4 Å². The van der Waals surface area contributed by atoms with Crippen LogP contribution in [0.25, 0.3) is 0 Å². The second-order valence-electron chi connectivity index (χ2n) is 8.90.